The predicted octanol–water partition coefficient (Wildman–Crippen LogP) is 1.08. The van der Waals surface area contributed by atoms with E-state index in [4.69, 9.17) is 4.74 Å². The van der Waals surface area contributed by atoms with Gasteiger partial charge in [0, 0.05) is 13.0 Å². The third kappa shape index (κ3) is 0.798. The normalized spacial score (nSPS) is 51.5. The van der Waals surface area contributed by atoms with E-state index in [1.807, 2.05) is 0 Å². The van der Waals surface area contributed by atoms with Gasteiger partial charge in [-0.3, -0.25) is 0 Å². The Morgan fingerprint density at radius 3 is 2.55 bits per heavy atom. The SMILES string of the molecule is O[C@H]1C[C@@]12CC1(CCO2)CC1. The van der Waals surface area contributed by atoms with E-state index in [-0.39, 0.29) is 11.7 Å². The van der Waals surface area contributed by atoms with Gasteiger partial charge in [0.05, 0.1) is 11.7 Å². The van der Waals surface area contributed by atoms with Crippen LogP contribution in [0.5, 0.6) is 0 Å². The Morgan fingerprint density at radius 1 is 1.27 bits per heavy atom. The Labute approximate surface area is 66.5 Å². The summed E-state index contributed by atoms with van der Waals surface area (Å²) in [5, 5.41) is 9.38. The van der Waals surface area contributed by atoms with Crippen LogP contribution in [0.25, 0.3) is 0 Å². The lowest BCUT2D eigenvalue weighted by molar-refractivity contribution is -0.0592. The number of aliphatic hydroxyl groups is 1. The first-order valence-corrected chi connectivity index (χ1v) is 4.57. The highest BCUT2D eigenvalue weighted by Crippen LogP contribution is 2.62. The van der Waals surface area contributed by atoms with Crippen molar-refractivity contribution in [1.82, 2.24) is 0 Å². The zero-order valence-electron chi connectivity index (χ0n) is 6.68. The first kappa shape index (κ1) is 6.44. The second kappa shape index (κ2) is 1.64. The van der Waals surface area contributed by atoms with Crippen LogP contribution < -0.4 is 0 Å². The number of hydrogen-bond acceptors (Lipinski definition) is 2. The first-order valence-electron chi connectivity index (χ1n) is 4.57. The van der Waals surface area contributed by atoms with Gasteiger partial charge in [-0.15, -0.1) is 0 Å². The van der Waals surface area contributed by atoms with Crippen LogP contribution in [0.15, 0.2) is 0 Å². The van der Waals surface area contributed by atoms with E-state index in [2.05, 4.69) is 0 Å². The first-order chi connectivity index (χ1) is 5.25. The molecule has 1 aliphatic heterocycles. The largest absolute Gasteiger partial charge is 0.390 e. The number of rotatable bonds is 0. The van der Waals surface area contributed by atoms with Crippen LogP contribution in [0, 0.1) is 5.41 Å². The summed E-state index contributed by atoms with van der Waals surface area (Å²) in [5.74, 6) is 0. The van der Waals surface area contributed by atoms with E-state index in [0.717, 1.165) is 19.4 Å². The molecule has 0 radical (unpaired) electrons. The van der Waals surface area contributed by atoms with Gasteiger partial charge in [-0.25, -0.2) is 0 Å². The summed E-state index contributed by atoms with van der Waals surface area (Å²) in [7, 11) is 0. The topological polar surface area (TPSA) is 29.5 Å². The van der Waals surface area contributed by atoms with Crippen LogP contribution in [-0.2, 0) is 4.74 Å². The summed E-state index contributed by atoms with van der Waals surface area (Å²) in [4.78, 5) is 0. The van der Waals surface area contributed by atoms with Crippen LogP contribution in [0.3, 0.4) is 0 Å². The molecule has 0 aromatic rings. The Bertz CT molecular complexity index is 198. The fraction of sp³-hybridized carbons (Fsp3) is 1.00. The molecule has 0 aromatic heterocycles. The number of ether oxygens (including phenoxy) is 1. The molecule has 2 nitrogen and oxygen atoms in total. The molecule has 1 saturated heterocycles. The Morgan fingerprint density at radius 2 is 2.00 bits per heavy atom. The Balaban J connectivity index is 1.79. The van der Waals surface area contributed by atoms with Crippen molar-refractivity contribution >= 4 is 0 Å². The smallest absolute Gasteiger partial charge is 0.0972 e. The van der Waals surface area contributed by atoms with Crippen LogP contribution in [0.1, 0.15) is 32.1 Å². The summed E-state index contributed by atoms with van der Waals surface area (Å²) in [6.07, 6.45) is 5.90. The molecule has 0 amide bonds. The monoisotopic (exact) mass is 154 g/mol. The average Bonchev–Trinajstić information content (AvgIpc) is 2.81. The maximum atomic E-state index is 9.38. The molecule has 2 aliphatic carbocycles. The molecule has 1 heterocycles. The fourth-order valence-corrected chi connectivity index (χ4v) is 2.46. The lowest BCUT2D eigenvalue weighted by atomic mass is 9.91. The third-order valence-electron chi connectivity index (χ3n) is 3.64. The van der Waals surface area contributed by atoms with E-state index < -0.39 is 0 Å². The minimum absolute atomic E-state index is 0.0608. The molecule has 0 aromatic carbocycles. The molecule has 0 unspecified atom stereocenters. The van der Waals surface area contributed by atoms with Gasteiger partial charge >= 0.3 is 0 Å². The summed E-state index contributed by atoms with van der Waals surface area (Å²) in [5.41, 5.74) is 0.560. The molecule has 0 bridgehead atoms. The molecule has 3 fully saturated rings. The minimum atomic E-state index is -0.139. The quantitative estimate of drug-likeness (QED) is 0.565. The van der Waals surface area contributed by atoms with Gasteiger partial charge in [0.15, 0.2) is 0 Å². The summed E-state index contributed by atoms with van der Waals surface area (Å²) < 4.78 is 5.61. The Hall–Kier alpha value is -0.0800. The molecule has 11 heavy (non-hydrogen) atoms. The summed E-state index contributed by atoms with van der Waals surface area (Å²) >= 11 is 0. The molecule has 2 atom stereocenters. The van der Waals surface area contributed by atoms with E-state index in [9.17, 15) is 5.11 Å². The molecule has 62 valence electrons. The van der Waals surface area contributed by atoms with Gasteiger partial charge in [0.25, 0.3) is 0 Å². The van der Waals surface area contributed by atoms with E-state index >= 15 is 0 Å². The van der Waals surface area contributed by atoms with Gasteiger partial charge in [0.1, 0.15) is 0 Å². The molecule has 3 aliphatic rings. The van der Waals surface area contributed by atoms with Crippen LogP contribution in [0.4, 0.5) is 0 Å². The van der Waals surface area contributed by atoms with Crippen LogP contribution in [0.2, 0.25) is 0 Å². The molecular weight excluding hydrogens is 140 g/mol. The second-order valence-corrected chi connectivity index (χ2v) is 4.56. The van der Waals surface area contributed by atoms with Gasteiger partial charge in [-0.2, -0.15) is 0 Å². The van der Waals surface area contributed by atoms with E-state index in [1.54, 1.807) is 0 Å². The molecule has 2 saturated carbocycles. The molecule has 1 N–H and O–H groups in total. The Kier molecular flexibility index (Phi) is 0.961. The van der Waals surface area contributed by atoms with Crippen molar-refractivity contribution in [1.29, 1.82) is 0 Å². The van der Waals surface area contributed by atoms with Crippen molar-refractivity contribution in [3.8, 4) is 0 Å². The molecular formula is C9H14O2. The minimum Gasteiger partial charge on any atom is -0.390 e. The highest BCUT2D eigenvalue weighted by atomic mass is 16.5. The van der Waals surface area contributed by atoms with Gasteiger partial charge < -0.3 is 9.84 Å². The lowest BCUT2D eigenvalue weighted by Crippen LogP contribution is -2.31. The van der Waals surface area contributed by atoms with Gasteiger partial charge in [0.2, 0.25) is 0 Å². The van der Waals surface area contributed by atoms with E-state index in [0.29, 0.717) is 5.41 Å². The molecule has 2 heteroatoms. The number of hydrogen-bond donors (Lipinski definition) is 1. The molecule has 2 spiro atoms. The van der Waals surface area contributed by atoms with Crippen molar-refractivity contribution in [2.24, 2.45) is 5.41 Å². The van der Waals surface area contributed by atoms with Gasteiger partial charge in [-0.05, 0) is 31.1 Å². The lowest BCUT2D eigenvalue weighted by Gasteiger charge is -2.29. The maximum Gasteiger partial charge on any atom is 0.0972 e. The zero-order valence-corrected chi connectivity index (χ0v) is 6.68. The van der Waals surface area contributed by atoms with Crippen molar-refractivity contribution < 1.29 is 9.84 Å². The zero-order chi connectivity index (χ0) is 7.53. The maximum absolute atomic E-state index is 9.38. The van der Waals surface area contributed by atoms with Crippen molar-refractivity contribution in [3.05, 3.63) is 0 Å². The van der Waals surface area contributed by atoms with E-state index in [1.165, 1.54) is 19.3 Å². The highest BCUT2D eigenvalue weighted by Gasteiger charge is 2.63. The molecule has 3 rings (SSSR count). The number of aliphatic hydroxyl groups excluding tert-OH is 1. The fourth-order valence-electron chi connectivity index (χ4n) is 2.46. The summed E-state index contributed by atoms with van der Waals surface area (Å²) in [6, 6.07) is 0. The van der Waals surface area contributed by atoms with Crippen molar-refractivity contribution in [3.63, 3.8) is 0 Å². The average molecular weight is 154 g/mol. The van der Waals surface area contributed by atoms with Gasteiger partial charge in [-0.1, -0.05) is 0 Å². The second-order valence-electron chi connectivity index (χ2n) is 4.56. The third-order valence-corrected chi connectivity index (χ3v) is 3.64. The van der Waals surface area contributed by atoms with Crippen LogP contribution in [-0.4, -0.2) is 23.4 Å². The highest BCUT2D eigenvalue weighted by molar-refractivity contribution is 5.14. The predicted molar refractivity (Wildman–Crippen MR) is 40.2 cm³/mol. The van der Waals surface area contributed by atoms with Crippen molar-refractivity contribution in [2.75, 3.05) is 6.61 Å². The van der Waals surface area contributed by atoms with Crippen molar-refractivity contribution in [2.45, 2.75) is 43.8 Å². The summed E-state index contributed by atoms with van der Waals surface area (Å²) in [6.45, 7) is 0.886. The van der Waals surface area contributed by atoms with Crippen LogP contribution >= 0.6 is 0 Å². The standard InChI is InChI=1S/C9H14O2/c10-7-5-9(7)6-8(1-2-8)3-4-11-9/h7,10H,1-6H2/t7-,9+/m0/s1.